The number of benzene rings is 2. The Balaban J connectivity index is 1.71. The molecule has 1 heterocycles. The Morgan fingerprint density at radius 1 is 1.16 bits per heavy atom. The molecule has 2 atom stereocenters. The fraction of sp³-hybridized carbons (Fsp3) is 0.200. The summed E-state index contributed by atoms with van der Waals surface area (Å²) in [4.78, 5) is 27.6. The number of fused-ring (bicyclic) bond motifs is 1. The van der Waals surface area contributed by atoms with E-state index < -0.39 is 40.5 Å². The summed E-state index contributed by atoms with van der Waals surface area (Å²) in [6.07, 6.45) is 0.0632. The first kappa shape index (κ1) is 23.2. The second-order valence-corrected chi connectivity index (χ2v) is 9.22. The van der Waals surface area contributed by atoms with Crippen molar-refractivity contribution < 1.29 is 27.9 Å². The summed E-state index contributed by atoms with van der Waals surface area (Å²) in [7, 11) is -4.24. The van der Waals surface area contributed by atoms with Gasteiger partial charge in [-0.1, -0.05) is 41.4 Å². The van der Waals surface area contributed by atoms with E-state index in [1.165, 1.54) is 25.3 Å². The van der Waals surface area contributed by atoms with Crippen LogP contribution in [0.3, 0.4) is 0 Å². The number of hydrogen-bond acceptors (Lipinski definition) is 6. The fourth-order valence-electron chi connectivity index (χ4n) is 2.83. The molecule has 0 fully saturated rings. The molecule has 0 saturated carbocycles. The number of hydrogen-bond donors (Lipinski definition) is 3. The number of halogens is 2. The van der Waals surface area contributed by atoms with E-state index in [4.69, 9.17) is 27.9 Å². The van der Waals surface area contributed by atoms with E-state index in [2.05, 4.69) is 9.71 Å². The molecule has 2 aromatic carbocycles. The lowest BCUT2D eigenvalue weighted by Crippen LogP contribution is -2.48. The average molecular weight is 485 g/mol. The third-order valence-corrected chi connectivity index (χ3v) is 6.63. The molecular formula is C20H18Cl2N2O6S. The predicted octanol–water partition coefficient (Wildman–Crippen LogP) is 2.93. The van der Waals surface area contributed by atoms with E-state index in [0.29, 0.717) is 10.9 Å². The van der Waals surface area contributed by atoms with Crippen LogP contribution < -0.4 is 4.72 Å². The van der Waals surface area contributed by atoms with E-state index in [1.54, 1.807) is 24.3 Å². The first-order valence-corrected chi connectivity index (χ1v) is 11.3. The maximum atomic E-state index is 12.6. The molecule has 0 aliphatic heterocycles. The Bertz CT molecular complexity index is 1240. The third kappa shape index (κ3) is 5.25. The monoisotopic (exact) mass is 484 g/mol. The molecule has 0 radical (unpaired) electrons. The zero-order valence-corrected chi connectivity index (χ0v) is 18.5. The number of H-pyrrole nitrogens is 1. The van der Waals surface area contributed by atoms with E-state index >= 15 is 0 Å². The first-order valence-electron chi connectivity index (χ1n) is 9.01. The van der Waals surface area contributed by atoms with Crippen LogP contribution in [0.1, 0.15) is 17.3 Å². The molecule has 0 unspecified atom stereocenters. The molecule has 0 aliphatic rings. The molecule has 8 nitrogen and oxygen atoms in total. The number of aromatic amines is 1. The summed E-state index contributed by atoms with van der Waals surface area (Å²) in [5, 5.41) is 10.7. The van der Waals surface area contributed by atoms with Gasteiger partial charge in [0, 0.05) is 22.7 Å². The number of carbonyl (C=O) groups is 2. The van der Waals surface area contributed by atoms with Gasteiger partial charge in [0.15, 0.2) is 6.61 Å². The number of nitrogens with one attached hydrogen (secondary N) is 2. The van der Waals surface area contributed by atoms with Crippen molar-refractivity contribution in [2.75, 3.05) is 6.61 Å². The second kappa shape index (κ2) is 9.37. The Morgan fingerprint density at radius 3 is 2.55 bits per heavy atom. The molecule has 3 N–H and O–H groups in total. The molecular weight excluding hydrogens is 467 g/mol. The molecule has 0 bridgehead atoms. The van der Waals surface area contributed by atoms with Crippen molar-refractivity contribution in [1.29, 1.82) is 0 Å². The molecule has 0 spiro atoms. The van der Waals surface area contributed by atoms with Crippen molar-refractivity contribution in [2.24, 2.45) is 0 Å². The van der Waals surface area contributed by atoms with Gasteiger partial charge in [-0.05, 0) is 31.2 Å². The molecule has 3 rings (SSSR count). The number of aromatic nitrogens is 1. The maximum absolute atomic E-state index is 12.6. The number of ether oxygens (including phenoxy) is 1. The minimum atomic E-state index is -4.24. The largest absolute Gasteiger partial charge is 0.456 e. The van der Waals surface area contributed by atoms with E-state index in [1.807, 2.05) is 0 Å². The minimum absolute atomic E-state index is 0.00467. The normalized spacial score (nSPS) is 13.7. The van der Waals surface area contributed by atoms with Crippen molar-refractivity contribution in [2.45, 2.75) is 24.0 Å². The first-order chi connectivity index (χ1) is 14.6. The molecule has 0 saturated heterocycles. The molecule has 0 amide bonds. The molecule has 0 aliphatic carbocycles. The van der Waals surface area contributed by atoms with Gasteiger partial charge < -0.3 is 14.8 Å². The van der Waals surface area contributed by atoms with Crippen molar-refractivity contribution in [3.63, 3.8) is 0 Å². The molecule has 164 valence electrons. The lowest BCUT2D eigenvalue weighted by atomic mass is 10.1. The summed E-state index contributed by atoms with van der Waals surface area (Å²) >= 11 is 11.6. The average Bonchev–Trinajstić information content (AvgIpc) is 3.16. The van der Waals surface area contributed by atoms with Gasteiger partial charge in [0.1, 0.15) is 6.04 Å². The van der Waals surface area contributed by atoms with Crippen LogP contribution in [0.5, 0.6) is 0 Å². The van der Waals surface area contributed by atoms with Crippen LogP contribution in [0.15, 0.2) is 53.6 Å². The predicted molar refractivity (Wildman–Crippen MR) is 116 cm³/mol. The highest BCUT2D eigenvalue weighted by Crippen LogP contribution is 2.25. The number of ketones is 1. The Kier molecular flexibility index (Phi) is 7.03. The summed E-state index contributed by atoms with van der Waals surface area (Å²) in [6, 6.07) is 9.05. The van der Waals surface area contributed by atoms with Gasteiger partial charge in [0.25, 0.3) is 0 Å². The van der Waals surface area contributed by atoms with Crippen molar-refractivity contribution >= 4 is 55.9 Å². The standard InChI is InChI=1S/C20H18Cl2N2O6S/c1-11(25)19(24-31(28,29)12-6-7-15(21)16(22)8-12)20(27)30-10-18(26)14-9-23-17-5-3-2-4-13(14)17/h2-9,11,19,23-25H,10H2,1H3/t11-,19-/m1/s1. The Labute approximate surface area is 188 Å². The number of esters is 1. The number of Topliss-reactive ketones (excluding diaryl/α,β-unsaturated/α-hetero) is 1. The summed E-state index contributed by atoms with van der Waals surface area (Å²) in [5.74, 6) is -1.59. The fourth-order valence-corrected chi connectivity index (χ4v) is 4.48. The van der Waals surface area contributed by atoms with Crippen LogP contribution in [0.25, 0.3) is 10.9 Å². The maximum Gasteiger partial charge on any atom is 0.327 e. The number of para-hydroxylation sites is 1. The summed E-state index contributed by atoms with van der Waals surface area (Å²) in [5.41, 5.74) is 1.07. The van der Waals surface area contributed by atoms with Crippen molar-refractivity contribution in [3.05, 3.63) is 64.3 Å². The van der Waals surface area contributed by atoms with E-state index in [0.717, 1.165) is 11.6 Å². The van der Waals surface area contributed by atoms with Gasteiger partial charge in [0.2, 0.25) is 15.8 Å². The van der Waals surface area contributed by atoms with Crippen LogP contribution >= 0.6 is 23.2 Å². The quantitative estimate of drug-likeness (QED) is 0.333. The van der Waals surface area contributed by atoms with Crippen molar-refractivity contribution in [3.8, 4) is 0 Å². The van der Waals surface area contributed by atoms with Crippen molar-refractivity contribution in [1.82, 2.24) is 9.71 Å². The van der Waals surface area contributed by atoms with E-state index in [9.17, 15) is 23.1 Å². The van der Waals surface area contributed by atoms with Gasteiger partial charge in [-0.15, -0.1) is 0 Å². The van der Waals surface area contributed by atoms with Gasteiger partial charge in [-0.25, -0.2) is 8.42 Å². The second-order valence-electron chi connectivity index (χ2n) is 6.69. The number of sulfonamides is 1. The van der Waals surface area contributed by atoms with E-state index in [-0.39, 0.29) is 14.9 Å². The van der Waals surface area contributed by atoms with Gasteiger partial charge in [0.05, 0.1) is 21.0 Å². The zero-order valence-electron chi connectivity index (χ0n) is 16.1. The van der Waals surface area contributed by atoms with Crippen LogP contribution in [0.2, 0.25) is 10.0 Å². The van der Waals surface area contributed by atoms with Gasteiger partial charge >= 0.3 is 5.97 Å². The molecule has 11 heteroatoms. The van der Waals surface area contributed by atoms with Crippen LogP contribution in [-0.2, 0) is 19.6 Å². The lowest BCUT2D eigenvalue weighted by molar-refractivity contribution is -0.147. The Morgan fingerprint density at radius 2 is 1.87 bits per heavy atom. The highest BCUT2D eigenvalue weighted by Gasteiger charge is 2.31. The highest BCUT2D eigenvalue weighted by molar-refractivity contribution is 7.89. The smallest absolute Gasteiger partial charge is 0.327 e. The molecule has 31 heavy (non-hydrogen) atoms. The third-order valence-electron chi connectivity index (χ3n) is 4.45. The van der Waals surface area contributed by atoms with Crippen LogP contribution in [-0.4, -0.2) is 49.0 Å². The SMILES string of the molecule is C[C@@H](O)[C@@H](NS(=O)(=O)c1ccc(Cl)c(Cl)c1)C(=O)OCC(=O)c1c[nH]c2ccccc12. The highest BCUT2D eigenvalue weighted by atomic mass is 35.5. The van der Waals surface area contributed by atoms with Crippen LogP contribution in [0.4, 0.5) is 0 Å². The minimum Gasteiger partial charge on any atom is -0.456 e. The van der Waals surface area contributed by atoms with Gasteiger partial charge in [-0.3, -0.25) is 9.59 Å². The number of rotatable bonds is 8. The molecule has 1 aromatic heterocycles. The van der Waals surface area contributed by atoms with Gasteiger partial charge in [-0.2, -0.15) is 4.72 Å². The van der Waals surface area contributed by atoms with Crippen LogP contribution in [0, 0.1) is 0 Å². The zero-order chi connectivity index (χ0) is 22.8. The number of aliphatic hydroxyl groups excluding tert-OH is 1. The number of carbonyl (C=O) groups excluding carboxylic acids is 2. The topological polar surface area (TPSA) is 126 Å². The lowest BCUT2D eigenvalue weighted by Gasteiger charge is -2.20. The summed E-state index contributed by atoms with van der Waals surface area (Å²) in [6.45, 7) is 0.586. The Hall–Kier alpha value is -2.43. The molecule has 3 aromatic rings. The number of aliphatic hydroxyl groups is 1. The summed E-state index contributed by atoms with van der Waals surface area (Å²) < 4.78 is 32.2.